The molecule has 1 aromatic carbocycles. The summed E-state index contributed by atoms with van der Waals surface area (Å²) in [4.78, 5) is 3.27. The zero-order valence-electron chi connectivity index (χ0n) is 9.68. The summed E-state index contributed by atoms with van der Waals surface area (Å²) in [6.07, 6.45) is 4.32. The number of benzene rings is 1. The predicted molar refractivity (Wildman–Crippen MR) is 70.2 cm³/mol. The summed E-state index contributed by atoms with van der Waals surface area (Å²) in [5, 5.41) is 5.32. The van der Waals surface area contributed by atoms with Crippen LogP contribution in [0.4, 0.5) is 0 Å². The lowest BCUT2D eigenvalue weighted by Crippen LogP contribution is -2.21. The molecule has 1 heterocycles. The van der Waals surface area contributed by atoms with Gasteiger partial charge in [0.05, 0.1) is 0 Å². The molecule has 0 fully saturated rings. The van der Waals surface area contributed by atoms with Crippen molar-refractivity contribution in [3.63, 3.8) is 0 Å². The highest BCUT2D eigenvalue weighted by molar-refractivity contribution is 6.31. The first-order valence-electron chi connectivity index (χ1n) is 5.63. The van der Waals surface area contributed by atoms with E-state index in [0.29, 0.717) is 6.04 Å². The van der Waals surface area contributed by atoms with Gasteiger partial charge in [0.2, 0.25) is 0 Å². The van der Waals surface area contributed by atoms with E-state index in [9.17, 15) is 0 Å². The first-order chi connectivity index (χ1) is 7.70. The molecule has 3 heteroatoms. The molecule has 0 aliphatic carbocycles. The first kappa shape index (κ1) is 11.5. The number of H-pyrrole nitrogens is 1. The van der Waals surface area contributed by atoms with Crippen molar-refractivity contribution >= 4 is 22.5 Å². The molecule has 0 saturated heterocycles. The van der Waals surface area contributed by atoms with E-state index in [0.717, 1.165) is 23.4 Å². The summed E-state index contributed by atoms with van der Waals surface area (Å²) in [6.45, 7) is 2.20. The van der Waals surface area contributed by atoms with Crippen molar-refractivity contribution in [2.45, 2.75) is 25.8 Å². The van der Waals surface area contributed by atoms with Gasteiger partial charge in [0.15, 0.2) is 0 Å². The van der Waals surface area contributed by atoms with Gasteiger partial charge in [0.1, 0.15) is 0 Å². The molecule has 1 unspecified atom stereocenters. The Kier molecular flexibility index (Phi) is 3.52. The Balaban J connectivity index is 2.19. The molecule has 1 aromatic heterocycles. The maximum atomic E-state index is 5.95. The van der Waals surface area contributed by atoms with Gasteiger partial charge in [-0.25, -0.2) is 0 Å². The fourth-order valence-corrected chi connectivity index (χ4v) is 2.05. The van der Waals surface area contributed by atoms with Crippen LogP contribution in [0, 0.1) is 0 Å². The van der Waals surface area contributed by atoms with Crippen LogP contribution in [0.2, 0.25) is 5.02 Å². The number of hydrogen-bond acceptors (Lipinski definition) is 1. The Morgan fingerprint density at radius 3 is 3.00 bits per heavy atom. The highest BCUT2D eigenvalue weighted by atomic mass is 35.5. The fourth-order valence-electron chi connectivity index (χ4n) is 1.88. The minimum absolute atomic E-state index is 0.553. The van der Waals surface area contributed by atoms with Crippen molar-refractivity contribution < 1.29 is 0 Å². The Hall–Kier alpha value is -0.990. The second kappa shape index (κ2) is 4.89. The molecule has 16 heavy (non-hydrogen) atoms. The average Bonchev–Trinajstić information content (AvgIpc) is 2.68. The molecule has 2 nitrogen and oxygen atoms in total. The van der Waals surface area contributed by atoms with E-state index >= 15 is 0 Å². The van der Waals surface area contributed by atoms with Crippen molar-refractivity contribution in [2.24, 2.45) is 0 Å². The Morgan fingerprint density at radius 1 is 1.44 bits per heavy atom. The molecular formula is C13H17ClN2. The van der Waals surface area contributed by atoms with E-state index in [1.165, 1.54) is 10.9 Å². The average molecular weight is 237 g/mol. The van der Waals surface area contributed by atoms with Crippen LogP contribution in [-0.2, 0) is 6.42 Å². The predicted octanol–water partition coefficient (Wildman–Crippen LogP) is 3.36. The van der Waals surface area contributed by atoms with Gasteiger partial charge in [-0.1, -0.05) is 17.7 Å². The van der Waals surface area contributed by atoms with E-state index in [1.807, 2.05) is 19.2 Å². The van der Waals surface area contributed by atoms with Gasteiger partial charge in [-0.05, 0) is 44.5 Å². The SMILES string of the molecule is CNC(C)CCc1c[nH]c2cc(Cl)ccc12. The van der Waals surface area contributed by atoms with E-state index in [1.54, 1.807) is 0 Å². The number of aryl methyl sites for hydroxylation is 1. The highest BCUT2D eigenvalue weighted by Crippen LogP contribution is 2.23. The first-order valence-corrected chi connectivity index (χ1v) is 6.01. The Bertz CT molecular complexity index is 476. The number of halogens is 1. The van der Waals surface area contributed by atoms with E-state index in [-0.39, 0.29) is 0 Å². The third-order valence-corrected chi connectivity index (χ3v) is 3.30. The van der Waals surface area contributed by atoms with Crippen molar-refractivity contribution in [1.82, 2.24) is 10.3 Å². The molecular weight excluding hydrogens is 220 g/mol. The molecule has 2 aromatic rings. The molecule has 86 valence electrons. The fraction of sp³-hybridized carbons (Fsp3) is 0.385. The lowest BCUT2D eigenvalue weighted by atomic mass is 10.1. The summed E-state index contributed by atoms with van der Waals surface area (Å²) < 4.78 is 0. The van der Waals surface area contributed by atoms with Gasteiger partial charge in [0.25, 0.3) is 0 Å². The molecule has 1 atom stereocenters. The molecule has 0 radical (unpaired) electrons. The second-order valence-electron chi connectivity index (χ2n) is 4.23. The quantitative estimate of drug-likeness (QED) is 0.837. The smallest absolute Gasteiger partial charge is 0.0471 e. The zero-order valence-corrected chi connectivity index (χ0v) is 10.4. The molecule has 2 N–H and O–H groups in total. The Labute approximate surface area is 101 Å². The van der Waals surface area contributed by atoms with Crippen molar-refractivity contribution in [3.8, 4) is 0 Å². The van der Waals surface area contributed by atoms with Crippen LogP contribution in [0.25, 0.3) is 10.9 Å². The summed E-state index contributed by atoms with van der Waals surface area (Å²) in [6, 6.07) is 6.57. The van der Waals surface area contributed by atoms with Gasteiger partial charge >= 0.3 is 0 Å². The number of hydrogen-bond donors (Lipinski definition) is 2. The number of nitrogens with one attached hydrogen (secondary N) is 2. The summed E-state index contributed by atoms with van der Waals surface area (Å²) in [5.41, 5.74) is 2.49. The third-order valence-electron chi connectivity index (χ3n) is 3.07. The maximum Gasteiger partial charge on any atom is 0.0471 e. The van der Waals surface area contributed by atoms with Gasteiger partial charge in [-0.15, -0.1) is 0 Å². The summed E-state index contributed by atoms with van der Waals surface area (Å²) >= 11 is 5.95. The summed E-state index contributed by atoms with van der Waals surface area (Å²) in [5.74, 6) is 0. The van der Waals surface area contributed by atoms with Crippen molar-refractivity contribution in [3.05, 3.63) is 35.0 Å². The second-order valence-corrected chi connectivity index (χ2v) is 4.67. The standard InChI is InChI=1S/C13H17ClN2/c1-9(15-2)3-4-10-8-16-13-7-11(14)5-6-12(10)13/h5-9,15-16H,3-4H2,1-2H3. The molecule has 0 bridgehead atoms. The van der Waals surface area contributed by atoms with Crippen LogP contribution in [0.3, 0.4) is 0 Å². The lowest BCUT2D eigenvalue weighted by molar-refractivity contribution is 0.566. The van der Waals surface area contributed by atoms with Crippen LogP contribution in [-0.4, -0.2) is 18.1 Å². The number of fused-ring (bicyclic) bond motifs is 1. The maximum absolute atomic E-state index is 5.95. The molecule has 0 aliphatic rings. The van der Waals surface area contributed by atoms with Gasteiger partial charge < -0.3 is 10.3 Å². The third kappa shape index (κ3) is 2.39. The topological polar surface area (TPSA) is 27.8 Å². The molecule has 0 spiro atoms. The van der Waals surface area contributed by atoms with Gasteiger partial charge in [-0.2, -0.15) is 0 Å². The van der Waals surface area contributed by atoms with Crippen LogP contribution in [0.1, 0.15) is 18.9 Å². The van der Waals surface area contributed by atoms with Gasteiger partial charge in [-0.3, -0.25) is 0 Å². The molecule has 0 amide bonds. The Morgan fingerprint density at radius 2 is 2.25 bits per heavy atom. The van der Waals surface area contributed by atoms with Crippen LogP contribution >= 0.6 is 11.6 Å². The van der Waals surface area contributed by atoms with Crippen LogP contribution in [0.15, 0.2) is 24.4 Å². The molecule has 2 rings (SSSR count). The molecule has 0 aliphatic heterocycles. The number of aromatic nitrogens is 1. The highest BCUT2D eigenvalue weighted by Gasteiger charge is 2.05. The minimum Gasteiger partial charge on any atom is -0.361 e. The molecule has 0 saturated carbocycles. The summed E-state index contributed by atoms with van der Waals surface area (Å²) in [7, 11) is 2.00. The number of aromatic amines is 1. The van der Waals surface area contributed by atoms with E-state index in [2.05, 4.69) is 29.5 Å². The minimum atomic E-state index is 0.553. The van der Waals surface area contributed by atoms with Crippen LogP contribution in [0.5, 0.6) is 0 Å². The monoisotopic (exact) mass is 236 g/mol. The zero-order chi connectivity index (χ0) is 11.5. The van der Waals surface area contributed by atoms with Crippen molar-refractivity contribution in [2.75, 3.05) is 7.05 Å². The van der Waals surface area contributed by atoms with Crippen molar-refractivity contribution in [1.29, 1.82) is 0 Å². The van der Waals surface area contributed by atoms with E-state index in [4.69, 9.17) is 11.6 Å². The van der Waals surface area contributed by atoms with Gasteiger partial charge in [0, 0.05) is 28.2 Å². The lowest BCUT2D eigenvalue weighted by Gasteiger charge is -2.08. The largest absolute Gasteiger partial charge is 0.361 e. The van der Waals surface area contributed by atoms with Crippen LogP contribution < -0.4 is 5.32 Å². The van der Waals surface area contributed by atoms with E-state index < -0.39 is 0 Å². The number of rotatable bonds is 4. The normalized spacial score (nSPS) is 13.2.